The highest BCUT2D eigenvalue weighted by molar-refractivity contribution is 5.78. The number of fused-ring (bicyclic) bond motifs is 1. The topological polar surface area (TPSA) is 61.9 Å². The van der Waals surface area contributed by atoms with Crippen LogP contribution in [0, 0.1) is 0 Å². The van der Waals surface area contributed by atoms with Gasteiger partial charge in [-0.05, 0) is 12.1 Å². The molecule has 0 saturated heterocycles. The lowest BCUT2D eigenvalue weighted by Crippen LogP contribution is -2.27. The molecule has 2 heterocycles. The smallest absolute Gasteiger partial charge is 0.283 e. The van der Waals surface area contributed by atoms with Crippen LogP contribution in [0.1, 0.15) is 6.42 Å². The molecule has 0 radical (unpaired) electrons. The highest BCUT2D eigenvalue weighted by Gasteiger charge is 2.03. The lowest BCUT2D eigenvalue weighted by molar-refractivity contribution is 0.107. The van der Waals surface area contributed by atoms with Gasteiger partial charge in [0.05, 0.1) is 5.52 Å². The summed E-state index contributed by atoms with van der Waals surface area (Å²) in [4.78, 5) is 21.3. The van der Waals surface area contributed by atoms with Gasteiger partial charge in [0.15, 0.2) is 0 Å². The van der Waals surface area contributed by atoms with Crippen LogP contribution >= 0.6 is 0 Å². The molecule has 6 nitrogen and oxygen atoms in total. The molecule has 0 unspecified atom stereocenters. The summed E-state index contributed by atoms with van der Waals surface area (Å²) < 4.78 is 3.08. The van der Waals surface area contributed by atoms with Gasteiger partial charge in [-0.25, -0.2) is 4.98 Å². The molecule has 3 rings (SSSR count). The van der Waals surface area contributed by atoms with Gasteiger partial charge in [-0.3, -0.25) is 9.48 Å². The molecule has 20 heavy (non-hydrogen) atoms. The SMILES string of the molecule is O=c1ccc2ccccc2n1OCCCn1cncn1. The zero-order valence-corrected chi connectivity index (χ0v) is 10.8. The van der Waals surface area contributed by atoms with Crippen LogP contribution in [0.15, 0.2) is 53.8 Å². The molecule has 0 amide bonds. The number of hydrogen-bond donors (Lipinski definition) is 0. The van der Waals surface area contributed by atoms with Gasteiger partial charge in [0, 0.05) is 24.4 Å². The number of aromatic nitrogens is 4. The molecule has 0 aliphatic rings. The fourth-order valence-electron chi connectivity index (χ4n) is 2.02. The lowest BCUT2D eigenvalue weighted by Gasteiger charge is -2.11. The van der Waals surface area contributed by atoms with Gasteiger partial charge in [-0.2, -0.15) is 5.10 Å². The van der Waals surface area contributed by atoms with E-state index in [-0.39, 0.29) is 5.56 Å². The standard InChI is InChI=1S/C14H14N4O2/c19-14-7-6-12-4-1-2-5-13(12)18(14)20-9-3-8-17-11-15-10-16-17/h1-2,4-7,10-11H,3,8-9H2. The minimum atomic E-state index is -0.163. The first-order chi connectivity index (χ1) is 9.84. The monoisotopic (exact) mass is 270 g/mol. The average molecular weight is 270 g/mol. The number of rotatable bonds is 5. The Hall–Kier alpha value is -2.63. The molecule has 0 saturated carbocycles. The predicted octanol–water partition coefficient (Wildman–Crippen LogP) is 1.11. The molecule has 0 N–H and O–H groups in total. The summed E-state index contributed by atoms with van der Waals surface area (Å²) in [6.07, 6.45) is 3.90. The average Bonchev–Trinajstić information content (AvgIpc) is 2.98. The Bertz CT molecular complexity index is 749. The molecule has 102 valence electrons. The van der Waals surface area contributed by atoms with Gasteiger partial charge in [0.25, 0.3) is 5.56 Å². The van der Waals surface area contributed by atoms with Gasteiger partial charge in [0.2, 0.25) is 0 Å². The second-order valence-electron chi connectivity index (χ2n) is 4.37. The quantitative estimate of drug-likeness (QED) is 0.652. The summed E-state index contributed by atoms with van der Waals surface area (Å²) in [5.41, 5.74) is 0.616. The maximum Gasteiger partial charge on any atom is 0.283 e. The molecule has 3 aromatic rings. The molecular weight excluding hydrogens is 256 g/mol. The molecule has 0 fully saturated rings. The third-order valence-electron chi connectivity index (χ3n) is 2.98. The van der Waals surface area contributed by atoms with Gasteiger partial charge in [-0.15, -0.1) is 4.73 Å². The normalized spacial score (nSPS) is 10.8. The van der Waals surface area contributed by atoms with Crippen LogP contribution in [0.3, 0.4) is 0 Å². The first-order valence-corrected chi connectivity index (χ1v) is 6.41. The van der Waals surface area contributed by atoms with Crippen LogP contribution in [-0.2, 0) is 6.54 Å². The van der Waals surface area contributed by atoms with Gasteiger partial charge >= 0.3 is 0 Å². The van der Waals surface area contributed by atoms with Crippen LogP contribution in [0.4, 0.5) is 0 Å². The third-order valence-corrected chi connectivity index (χ3v) is 2.98. The maximum atomic E-state index is 11.9. The van der Waals surface area contributed by atoms with Crippen molar-refractivity contribution in [1.29, 1.82) is 0 Å². The van der Waals surface area contributed by atoms with Crippen LogP contribution in [0.5, 0.6) is 0 Å². The van der Waals surface area contributed by atoms with Crippen LogP contribution < -0.4 is 10.4 Å². The van der Waals surface area contributed by atoms with E-state index in [9.17, 15) is 4.79 Å². The van der Waals surface area contributed by atoms with Crippen molar-refractivity contribution in [2.75, 3.05) is 6.61 Å². The summed E-state index contributed by atoms with van der Waals surface area (Å²) in [5, 5.41) is 4.99. The van der Waals surface area contributed by atoms with Crippen LogP contribution in [-0.4, -0.2) is 26.1 Å². The van der Waals surface area contributed by atoms with Crippen molar-refractivity contribution >= 4 is 10.9 Å². The van der Waals surface area contributed by atoms with Gasteiger partial charge in [-0.1, -0.05) is 18.2 Å². The predicted molar refractivity (Wildman–Crippen MR) is 74.3 cm³/mol. The van der Waals surface area contributed by atoms with Crippen molar-refractivity contribution in [2.24, 2.45) is 0 Å². The van der Waals surface area contributed by atoms with E-state index in [0.29, 0.717) is 13.2 Å². The highest BCUT2D eigenvalue weighted by atomic mass is 16.7. The van der Waals surface area contributed by atoms with E-state index in [4.69, 9.17) is 4.84 Å². The van der Waals surface area contributed by atoms with Crippen molar-refractivity contribution in [3.63, 3.8) is 0 Å². The van der Waals surface area contributed by atoms with Crippen molar-refractivity contribution in [3.8, 4) is 0 Å². The fourth-order valence-corrected chi connectivity index (χ4v) is 2.02. The number of para-hydroxylation sites is 1. The van der Waals surface area contributed by atoms with E-state index < -0.39 is 0 Å². The molecule has 6 heteroatoms. The molecule has 1 aromatic carbocycles. The first-order valence-electron chi connectivity index (χ1n) is 6.41. The van der Waals surface area contributed by atoms with Gasteiger partial charge in [0.1, 0.15) is 19.3 Å². The second-order valence-corrected chi connectivity index (χ2v) is 4.37. The van der Waals surface area contributed by atoms with E-state index in [0.717, 1.165) is 17.3 Å². The lowest BCUT2D eigenvalue weighted by atomic mass is 10.2. The number of nitrogens with zero attached hydrogens (tertiary/aromatic N) is 4. The molecule has 0 bridgehead atoms. The highest BCUT2D eigenvalue weighted by Crippen LogP contribution is 2.09. The zero-order chi connectivity index (χ0) is 13.8. The van der Waals surface area contributed by atoms with E-state index in [2.05, 4.69) is 10.1 Å². The summed E-state index contributed by atoms with van der Waals surface area (Å²) in [5.74, 6) is 0. The molecule has 0 spiro atoms. The van der Waals surface area contributed by atoms with Crippen molar-refractivity contribution < 1.29 is 4.84 Å². The summed E-state index contributed by atoms with van der Waals surface area (Å²) in [6, 6.07) is 10.9. The zero-order valence-electron chi connectivity index (χ0n) is 10.8. The summed E-state index contributed by atoms with van der Waals surface area (Å²) in [6.45, 7) is 1.15. The van der Waals surface area contributed by atoms with Crippen molar-refractivity contribution in [1.82, 2.24) is 19.5 Å². The molecule has 0 aliphatic carbocycles. The van der Waals surface area contributed by atoms with Crippen molar-refractivity contribution in [2.45, 2.75) is 13.0 Å². The van der Waals surface area contributed by atoms with E-state index in [1.165, 1.54) is 17.1 Å². The first kappa shape index (κ1) is 12.4. The Morgan fingerprint density at radius 1 is 1.15 bits per heavy atom. The largest absolute Gasteiger partial charge is 0.410 e. The Kier molecular flexibility index (Phi) is 3.45. The Balaban J connectivity index is 1.71. The second kappa shape index (κ2) is 5.56. The van der Waals surface area contributed by atoms with Gasteiger partial charge < -0.3 is 4.84 Å². The van der Waals surface area contributed by atoms with Crippen LogP contribution in [0.2, 0.25) is 0 Å². The van der Waals surface area contributed by atoms with Crippen LogP contribution in [0.25, 0.3) is 10.9 Å². The number of hydrogen-bond acceptors (Lipinski definition) is 4. The molecule has 0 aliphatic heterocycles. The fraction of sp³-hybridized carbons (Fsp3) is 0.214. The summed E-state index contributed by atoms with van der Waals surface area (Å²) >= 11 is 0. The van der Waals surface area contributed by atoms with E-state index in [1.807, 2.05) is 24.3 Å². The Labute approximate surface area is 115 Å². The van der Waals surface area contributed by atoms with E-state index in [1.54, 1.807) is 17.1 Å². The molecular formula is C14H14N4O2. The Morgan fingerprint density at radius 2 is 2.05 bits per heavy atom. The number of pyridine rings is 1. The van der Waals surface area contributed by atoms with E-state index >= 15 is 0 Å². The summed E-state index contributed by atoms with van der Waals surface area (Å²) in [7, 11) is 0. The maximum absolute atomic E-state index is 11.9. The van der Waals surface area contributed by atoms with Crippen molar-refractivity contribution in [3.05, 3.63) is 59.4 Å². The third kappa shape index (κ3) is 2.54. The Morgan fingerprint density at radius 3 is 2.90 bits per heavy atom. The minimum absolute atomic E-state index is 0.163. The number of aryl methyl sites for hydroxylation is 1. The minimum Gasteiger partial charge on any atom is -0.410 e. The molecule has 2 aromatic heterocycles. The number of benzene rings is 1. The molecule has 0 atom stereocenters.